The molecule has 35 heavy (non-hydrogen) atoms. The number of nitrogen functional groups attached to an aromatic ring is 1. The minimum Gasteiger partial charge on any atom is -0.397 e. The molecule has 174 valence electrons. The number of hydrogen-bond donors (Lipinski definition) is 2. The molecule has 7 nitrogen and oxygen atoms in total. The summed E-state index contributed by atoms with van der Waals surface area (Å²) in [5, 5.41) is 0.716. The first kappa shape index (κ1) is 22.7. The Morgan fingerprint density at radius 1 is 0.943 bits per heavy atom. The number of thiophene rings is 1. The molecule has 2 aromatic carbocycles. The second-order valence-electron chi connectivity index (χ2n) is 7.93. The fourth-order valence-corrected chi connectivity index (χ4v) is 5.65. The number of sulfonamides is 1. The van der Waals surface area contributed by atoms with Gasteiger partial charge in [0.2, 0.25) is 5.78 Å². The van der Waals surface area contributed by atoms with E-state index in [2.05, 4.69) is 9.71 Å². The predicted molar refractivity (Wildman–Crippen MR) is 139 cm³/mol. The average molecular weight is 501 g/mol. The first-order chi connectivity index (χ1) is 16.8. The number of pyridine rings is 2. The summed E-state index contributed by atoms with van der Waals surface area (Å²) in [5.41, 5.74) is 9.95. The first-order valence-electron chi connectivity index (χ1n) is 10.7. The lowest BCUT2D eigenvalue weighted by Gasteiger charge is -2.07. The number of fused-ring (bicyclic) bond motifs is 1. The van der Waals surface area contributed by atoms with Crippen molar-refractivity contribution in [3.05, 3.63) is 101 Å². The van der Waals surface area contributed by atoms with Gasteiger partial charge in [-0.1, -0.05) is 35.9 Å². The normalized spacial score (nSPS) is 11.5. The highest BCUT2D eigenvalue weighted by atomic mass is 32.2. The van der Waals surface area contributed by atoms with Crippen LogP contribution in [0.25, 0.3) is 21.5 Å². The zero-order chi connectivity index (χ0) is 24.6. The summed E-state index contributed by atoms with van der Waals surface area (Å²) in [5.74, 6) is -0.0766. The van der Waals surface area contributed by atoms with Crippen molar-refractivity contribution < 1.29 is 13.2 Å². The number of carbonyl (C=O) groups is 1. The Labute approximate surface area is 206 Å². The van der Waals surface area contributed by atoms with Crippen molar-refractivity contribution in [1.82, 2.24) is 9.97 Å². The lowest BCUT2D eigenvalue weighted by Crippen LogP contribution is -2.14. The summed E-state index contributed by atoms with van der Waals surface area (Å²) in [6.45, 7) is 2.03. The summed E-state index contributed by atoms with van der Waals surface area (Å²) in [6, 6.07) is 22.5. The Morgan fingerprint density at radius 2 is 1.69 bits per heavy atom. The third-order valence-electron chi connectivity index (χ3n) is 5.48. The zero-order valence-electron chi connectivity index (χ0n) is 18.6. The van der Waals surface area contributed by atoms with E-state index in [0.29, 0.717) is 26.3 Å². The fraction of sp³-hybridized carbons (Fsp3) is 0.0385. The minimum absolute atomic E-state index is 0.0217. The van der Waals surface area contributed by atoms with Gasteiger partial charge in [-0.2, -0.15) is 0 Å². The van der Waals surface area contributed by atoms with Gasteiger partial charge >= 0.3 is 0 Å². The van der Waals surface area contributed by atoms with Gasteiger partial charge in [0.25, 0.3) is 10.0 Å². The molecule has 5 aromatic rings. The van der Waals surface area contributed by atoms with Crippen molar-refractivity contribution in [3.8, 4) is 11.3 Å². The number of carbonyl (C=O) groups excluding carboxylic acids is 1. The van der Waals surface area contributed by atoms with Crippen molar-refractivity contribution in [2.24, 2.45) is 0 Å². The number of aromatic nitrogens is 2. The van der Waals surface area contributed by atoms with E-state index < -0.39 is 10.0 Å². The van der Waals surface area contributed by atoms with Crippen LogP contribution in [0.4, 0.5) is 11.5 Å². The van der Waals surface area contributed by atoms with E-state index in [0.717, 1.165) is 16.8 Å². The van der Waals surface area contributed by atoms with E-state index >= 15 is 0 Å². The molecule has 3 N–H and O–H groups in total. The second kappa shape index (κ2) is 8.94. The number of ketones is 1. The van der Waals surface area contributed by atoms with Gasteiger partial charge in [0.05, 0.1) is 16.3 Å². The van der Waals surface area contributed by atoms with Crippen LogP contribution in [0.3, 0.4) is 0 Å². The number of hydrogen-bond acceptors (Lipinski definition) is 7. The van der Waals surface area contributed by atoms with E-state index in [-0.39, 0.29) is 16.5 Å². The summed E-state index contributed by atoms with van der Waals surface area (Å²) < 4.78 is 27.7. The number of anilines is 2. The molecule has 0 amide bonds. The SMILES string of the molecule is Cc1ccc(-c2ccc3c(N)c(C(=O)c4ccc(S(=O)(=O)Nc5ccccn5)cc4)sc3n2)cc1. The van der Waals surface area contributed by atoms with Crippen LogP contribution >= 0.6 is 11.3 Å². The van der Waals surface area contributed by atoms with Crippen LogP contribution in [0.5, 0.6) is 0 Å². The number of rotatable bonds is 6. The van der Waals surface area contributed by atoms with Crippen molar-refractivity contribution in [2.75, 3.05) is 10.5 Å². The maximum Gasteiger partial charge on any atom is 0.263 e. The first-order valence-corrected chi connectivity index (χ1v) is 13.0. The summed E-state index contributed by atoms with van der Waals surface area (Å²) in [4.78, 5) is 23.0. The summed E-state index contributed by atoms with van der Waals surface area (Å²) in [7, 11) is -3.84. The summed E-state index contributed by atoms with van der Waals surface area (Å²) >= 11 is 1.23. The molecule has 0 aliphatic rings. The highest BCUT2D eigenvalue weighted by Gasteiger charge is 2.21. The van der Waals surface area contributed by atoms with E-state index in [9.17, 15) is 13.2 Å². The van der Waals surface area contributed by atoms with Crippen molar-refractivity contribution >= 4 is 48.9 Å². The molecule has 0 aliphatic heterocycles. The molecule has 3 aromatic heterocycles. The average Bonchev–Trinajstić information content (AvgIpc) is 3.20. The van der Waals surface area contributed by atoms with E-state index in [4.69, 9.17) is 10.7 Å². The number of nitrogens with zero attached hydrogens (tertiary/aromatic N) is 2. The van der Waals surface area contributed by atoms with Gasteiger partial charge in [-0.25, -0.2) is 18.4 Å². The largest absolute Gasteiger partial charge is 0.397 e. The molecule has 0 spiro atoms. The smallest absolute Gasteiger partial charge is 0.263 e. The molecule has 5 rings (SSSR count). The maximum atomic E-state index is 13.2. The van der Waals surface area contributed by atoms with Crippen LogP contribution in [0.2, 0.25) is 0 Å². The van der Waals surface area contributed by atoms with Gasteiger partial charge in [0.15, 0.2) is 0 Å². The Balaban J connectivity index is 1.42. The standard InChI is InChI=1S/C26H20N4O3S2/c1-16-5-7-17(8-6-16)21-14-13-20-23(27)25(34-26(20)29-21)24(31)18-9-11-19(12-10-18)35(32,33)30-22-4-2-3-15-28-22/h2-15H,27H2,1H3,(H,28,30). The van der Waals surface area contributed by atoms with Crippen molar-refractivity contribution in [2.45, 2.75) is 11.8 Å². The van der Waals surface area contributed by atoms with E-state index in [1.807, 2.05) is 43.3 Å². The predicted octanol–water partition coefficient (Wildman–Crippen LogP) is 5.28. The lowest BCUT2D eigenvalue weighted by molar-refractivity contribution is 0.104. The summed E-state index contributed by atoms with van der Waals surface area (Å²) in [6.07, 6.45) is 1.49. The molecule has 0 bridgehead atoms. The maximum absolute atomic E-state index is 13.2. The van der Waals surface area contributed by atoms with Gasteiger partial charge in [-0.05, 0) is 55.5 Å². The van der Waals surface area contributed by atoms with E-state index in [1.165, 1.54) is 41.8 Å². The molecule has 3 heterocycles. The molecule has 0 saturated heterocycles. The van der Waals surface area contributed by atoms with Gasteiger partial charge in [-0.3, -0.25) is 9.52 Å². The topological polar surface area (TPSA) is 115 Å². The molecule has 0 aliphatic carbocycles. The highest BCUT2D eigenvalue weighted by molar-refractivity contribution is 7.92. The number of nitrogens with two attached hydrogens (primary N) is 1. The van der Waals surface area contributed by atoms with Crippen LogP contribution < -0.4 is 10.5 Å². The lowest BCUT2D eigenvalue weighted by atomic mass is 10.1. The molecule has 9 heteroatoms. The number of nitrogens with one attached hydrogen (secondary N) is 1. The Hall–Kier alpha value is -4.08. The van der Waals surface area contributed by atoms with Gasteiger partial charge < -0.3 is 5.73 Å². The van der Waals surface area contributed by atoms with Crippen molar-refractivity contribution in [1.29, 1.82) is 0 Å². The van der Waals surface area contributed by atoms with Crippen LogP contribution in [0.1, 0.15) is 20.8 Å². The molecular weight excluding hydrogens is 480 g/mol. The van der Waals surface area contributed by atoms with Gasteiger partial charge in [-0.15, -0.1) is 11.3 Å². The van der Waals surface area contributed by atoms with E-state index in [1.54, 1.807) is 18.2 Å². The van der Waals surface area contributed by atoms with Crippen molar-refractivity contribution in [3.63, 3.8) is 0 Å². The minimum atomic E-state index is -3.84. The second-order valence-corrected chi connectivity index (χ2v) is 10.6. The van der Waals surface area contributed by atoms with Crippen LogP contribution in [-0.4, -0.2) is 24.2 Å². The molecule has 0 radical (unpaired) electrons. The Bertz CT molecular complexity index is 1650. The molecular formula is C26H20N4O3S2. The number of aryl methyl sites for hydroxylation is 1. The van der Waals surface area contributed by atoms with Crippen LogP contribution in [0, 0.1) is 6.92 Å². The van der Waals surface area contributed by atoms with Gasteiger partial charge in [0.1, 0.15) is 15.5 Å². The quantitative estimate of drug-likeness (QED) is 0.307. The molecule has 0 saturated carbocycles. The molecule has 0 fully saturated rings. The van der Waals surface area contributed by atoms with Crippen LogP contribution in [-0.2, 0) is 10.0 Å². The Kier molecular flexibility index (Phi) is 5.80. The number of benzene rings is 2. The Morgan fingerprint density at radius 3 is 2.37 bits per heavy atom. The third kappa shape index (κ3) is 4.51. The highest BCUT2D eigenvalue weighted by Crippen LogP contribution is 2.35. The van der Waals surface area contributed by atoms with Gasteiger partial charge in [0, 0.05) is 22.7 Å². The molecule has 0 unspecified atom stereocenters. The third-order valence-corrected chi connectivity index (χ3v) is 7.96. The van der Waals surface area contributed by atoms with Crippen LogP contribution in [0.15, 0.2) is 90.0 Å². The zero-order valence-corrected chi connectivity index (χ0v) is 20.2. The fourth-order valence-electron chi connectivity index (χ4n) is 3.59. The molecule has 0 atom stereocenters. The monoisotopic (exact) mass is 500 g/mol.